The Morgan fingerprint density at radius 3 is 2.82 bits per heavy atom. The third-order valence-electron chi connectivity index (χ3n) is 3.74. The molecule has 1 saturated heterocycles. The molecule has 0 saturated carbocycles. The van der Waals surface area contributed by atoms with E-state index in [0.29, 0.717) is 42.5 Å². The molecule has 2 rings (SSSR count). The van der Waals surface area contributed by atoms with Crippen LogP contribution in [0.2, 0.25) is 10.0 Å². The van der Waals surface area contributed by atoms with Crippen LogP contribution in [0, 0.1) is 5.92 Å². The Bertz CT molecular complexity index is 566. The zero-order valence-electron chi connectivity index (χ0n) is 12.0. The molecule has 0 aromatic heterocycles. The topological polar surface area (TPSA) is 69.6 Å². The standard InChI is InChI=1S/C15H18Cl2N2O3/c16-12-3-1-2-10(14(12)17)4-6-18-13(20)9-19-7-5-11(8-19)15(21)22/h1-3,11H,4-9H2,(H,18,20)(H,21,22). The van der Waals surface area contributed by atoms with E-state index in [1.54, 1.807) is 6.07 Å². The van der Waals surface area contributed by atoms with Gasteiger partial charge in [0.2, 0.25) is 5.91 Å². The van der Waals surface area contributed by atoms with Gasteiger partial charge in [0.15, 0.2) is 0 Å². The number of benzene rings is 1. The summed E-state index contributed by atoms with van der Waals surface area (Å²) in [5.74, 6) is -1.26. The Morgan fingerprint density at radius 1 is 1.36 bits per heavy atom. The molecule has 2 N–H and O–H groups in total. The number of nitrogens with one attached hydrogen (secondary N) is 1. The van der Waals surface area contributed by atoms with Crippen LogP contribution in [0.5, 0.6) is 0 Å². The molecule has 120 valence electrons. The first kappa shape index (κ1) is 17.1. The highest BCUT2D eigenvalue weighted by Crippen LogP contribution is 2.25. The van der Waals surface area contributed by atoms with Crippen LogP contribution in [-0.4, -0.2) is 48.1 Å². The number of amides is 1. The van der Waals surface area contributed by atoms with Crippen molar-refractivity contribution in [1.29, 1.82) is 0 Å². The molecule has 1 heterocycles. The van der Waals surface area contributed by atoms with E-state index in [2.05, 4.69) is 5.32 Å². The molecule has 1 amide bonds. The summed E-state index contributed by atoms with van der Waals surface area (Å²) < 4.78 is 0. The normalized spacial score (nSPS) is 18.4. The lowest BCUT2D eigenvalue weighted by atomic mass is 10.1. The van der Waals surface area contributed by atoms with E-state index in [1.807, 2.05) is 17.0 Å². The van der Waals surface area contributed by atoms with Crippen molar-refractivity contribution in [3.63, 3.8) is 0 Å². The van der Waals surface area contributed by atoms with Crippen LogP contribution in [0.1, 0.15) is 12.0 Å². The number of carbonyl (C=O) groups excluding carboxylic acids is 1. The Kier molecular flexibility index (Phi) is 6.06. The number of carboxylic acids is 1. The fraction of sp³-hybridized carbons (Fsp3) is 0.467. The monoisotopic (exact) mass is 344 g/mol. The number of hydrogen-bond acceptors (Lipinski definition) is 3. The number of nitrogens with zero attached hydrogens (tertiary/aromatic N) is 1. The number of likely N-dealkylation sites (tertiary alicyclic amines) is 1. The van der Waals surface area contributed by atoms with Crippen LogP contribution < -0.4 is 5.32 Å². The number of rotatable bonds is 6. The van der Waals surface area contributed by atoms with Gasteiger partial charge in [0.05, 0.1) is 22.5 Å². The van der Waals surface area contributed by atoms with Crippen molar-refractivity contribution < 1.29 is 14.7 Å². The second kappa shape index (κ2) is 7.81. The fourth-order valence-electron chi connectivity index (χ4n) is 2.51. The molecular formula is C15H18Cl2N2O3. The van der Waals surface area contributed by atoms with E-state index in [-0.39, 0.29) is 18.4 Å². The predicted molar refractivity (Wildman–Crippen MR) is 85.4 cm³/mol. The second-order valence-corrected chi connectivity index (χ2v) is 6.16. The average molecular weight is 345 g/mol. The second-order valence-electron chi connectivity index (χ2n) is 5.37. The van der Waals surface area contributed by atoms with E-state index in [1.165, 1.54) is 0 Å². The van der Waals surface area contributed by atoms with Crippen molar-refractivity contribution in [1.82, 2.24) is 10.2 Å². The summed E-state index contributed by atoms with van der Waals surface area (Å²) >= 11 is 12.0. The van der Waals surface area contributed by atoms with Crippen LogP contribution in [0.3, 0.4) is 0 Å². The van der Waals surface area contributed by atoms with Gasteiger partial charge in [-0.3, -0.25) is 14.5 Å². The van der Waals surface area contributed by atoms with E-state index in [9.17, 15) is 9.59 Å². The molecule has 0 spiro atoms. The van der Waals surface area contributed by atoms with Gasteiger partial charge >= 0.3 is 5.97 Å². The molecule has 7 heteroatoms. The van der Waals surface area contributed by atoms with Gasteiger partial charge in [-0.1, -0.05) is 35.3 Å². The maximum absolute atomic E-state index is 11.9. The number of aliphatic carboxylic acids is 1. The van der Waals surface area contributed by atoms with E-state index in [4.69, 9.17) is 28.3 Å². The van der Waals surface area contributed by atoms with Crippen LogP contribution in [-0.2, 0) is 16.0 Å². The van der Waals surface area contributed by atoms with Gasteiger partial charge < -0.3 is 10.4 Å². The molecule has 0 aliphatic carbocycles. The average Bonchev–Trinajstić information content (AvgIpc) is 2.92. The van der Waals surface area contributed by atoms with Crippen LogP contribution in [0.4, 0.5) is 0 Å². The zero-order chi connectivity index (χ0) is 16.1. The quantitative estimate of drug-likeness (QED) is 0.828. The minimum absolute atomic E-state index is 0.107. The Balaban J connectivity index is 1.72. The van der Waals surface area contributed by atoms with Crippen LogP contribution >= 0.6 is 23.2 Å². The summed E-state index contributed by atoms with van der Waals surface area (Å²) in [5.41, 5.74) is 0.890. The van der Waals surface area contributed by atoms with Crippen molar-refractivity contribution >= 4 is 35.1 Å². The molecule has 1 aromatic rings. The van der Waals surface area contributed by atoms with Gasteiger partial charge in [0.1, 0.15) is 0 Å². The molecule has 0 radical (unpaired) electrons. The summed E-state index contributed by atoms with van der Waals surface area (Å²) in [6, 6.07) is 5.41. The lowest BCUT2D eigenvalue weighted by Gasteiger charge is -2.15. The number of halogens is 2. The number of carboxylic acid groups (broad SMARTS) is 1. The Morgan fingerprint density at radius 2 is 2.14 bits per heavy atom. The summed E-state index contributed by atoms with van der Waals surface area (Å²) in [6.07, 6.45) is 1.20. The first-order valence-electron chi connectivity index (χ1n) is 7.12. The summed E-state index contributed by atoms with van der Waals surface area (Å²) in [5, 5.41) is 12.8. The maximum Gasteiger partial charge on any atom is 0.307 e. The van der Waals surface area contributed by atoms with Crippen molar-refractivity contribution in [2.75, 3.05) is 26.2 Å². The van der Waals surface area contributed by atoms with Crippen LogP contribution in [0.25, 0.3) is 0 Å². The van der Waals surface area contributed by atoms with Crippen molar-refractivity contribution in [2.24, 2.45) is 5.92 Å². The largest absolute Gasteiger partial charge is 0.481 e. The van der Waals surface area contributed by atoms with Crippen molar-refractivity contribution in [3.05, 3.63) is 33.8 Å². The Hall–Kier alpha value is -1.30. The summed E-state index contributed by atoms with van der Waals surface area (Å²) in [7, 11) is 0. The molecule has 0 bridgehead atoms. The predicted octanol–water partition coefficient (Wildman–Crippen LogP) is 2.06. The number of carbonyl (C=O) groups is 2. The molecule has 5 nitrogen and oxygen atoms in total. The molecule has 1 atom stereocenters. The molecule has 1 fully saturated rings. The highest BCUT2D eigenvalue weighted by Gasteiger charge is 2.28. The van der Waals surface area contributed by atoms with Gasteiger partial charge in [-0.2, -0.15) is 0 Å². The molecule has 1 unspecified atom stereocenters. The lowest BCUT2D eigenvalue weighted by Crippen LogP contribution is -2.37. The highest BCUT2D eigenvalue weighted by atomic mass is 35.5. The minimum atomic E-state index is -0.793. The first-order chi connectivity index (χ1) is 10.5. The minimum Gasteiger partial charge on any atom is -0.481 e. The zero-order valence-corrected chi connectivity index (χ0v) is 13.5. The molecular weight excluding hydrogens is 327 g/mol. The lowest BCUT2D eigenvalue weighted by molar-refractivity contribution is -0.141. The molecule has 1 aromatic carbocycles. The van der Waals surface area contributed by atoms with E-state index in [0.717, 1.165) is 5.56 Å². The first-order valence-corrected chi connectivity index (χ1v) is 7.87. The van der Waals surface area contributed by atoms with E-state index >= 15 is 0 Å². The number of hydrogen-bond donors (Lipinski definition) is 2. The van der Waals surface area contributed by atoms with Gasteiger partial charge in [-0.25, -0.2) is 0 Å². The third kappa shape index (κ3) is 4.60. The Labute approximate surface area is 139 Å². The fourth-order valence-corrected chi connectivity index (χ4v) is 2.93. The van der Waals surface area contributed by atoms with Gasteiger partial charge in [-0.15, -0.1) is 0 Å². The van der Waals surface area contributed by atoms with Gasteiger partial charge in [0, 0.05) is 13.1 Å². The molecule has 1 aliphatic rings. The molecule has 1 aliphatic heterocycles. The third-order valence-corrected chi connectivity index (χ3v) is 4.59. The van der Waals surface area contributed by atoms with Crippen LogP contribution in [0.15, 0.2) is 18.2 Å². The SMILES string of the molecule is O=C(CN1CCC(C(=O)O)C1)NCCc1cccc(Cl)c1Cl. The van der Waals surface area contributed by atoms with E-state index < -0.39 is 5.97 Å². The molecule has 22 heavy (non-hydrogen) atoms. The summed E-state index contributed by atoms with van der Waals surface area (Å²) in [4.78, 5) is 24.6. The van der Waals surface area contributed by atoms with Crippen molar-refractivity contribution in [3.8, 4) is 0 Å². The van der Waals surface area contributed by atoms with Crippen molar-refractivity contribution in [2.45, 2.75) is 12.8 Å². The van der Waals surface area contributed by atoms with Gasteiger partial charge in [0.25, 0.3) is 0 Å². The maximum atomic E-state index is 11.9. The van der Waals surface area contributed by atoms with Gasteiger partial charge in [-0.05, 0) is 31.0 Å². The smallest absolute Gasteiger partial charge is 0.307 e. The summed E-state index contributed by atoms with van der Waals surface area (Å²) in [6.45, 7) is 1.77. The highest BCUT2D eigenvalue weighted by molar-refractivity contribution is 6.42.